The molecule has 0 saturated carbocycles. The molecule has 0 unspecified atom stereocenters. The maximum atomic E-state index is 13.5. The Kier molecular flexibility index (Phi) is 6.21. The molecule has 1 aromatic rings. The fourth-order valence-corrected chi connectivity index (χ4v) is 7.93. The van der Waals surface area contributed by atoms with Crippen molar-refractivity contribution in [2.45, 2.75) is 77.0 Å². The van der Waals surface area contributed by atoms with Crippen molar-refractivity contribution in [2.75, 3.05) is 6.61 Å². The summed E-state index contributed by atoms with van der Waals surface area (Å²) in [4.78, 5) is 12.9. The number of aryl methyl sites for hydroxylation is 1. The van der Waals surface area contributed by atoms with E-state index in [1.54, 1.807) is 31.2 Å². The number of allylic oxidation sites excluding steroid dienone is 1. The molecular formula is C21H33NO4SSi. The first kappa shape index (κ1) is 22.7. The Morgan fingerprint density at radius 2 is 1.71 bits per heavy atom. The quantitative estimate of drug-likeness (QED) is 0.511. The summed E-state index contributed by atoms with van der Waals surface area (Å²) in [6.45, 7) is 16.8. The number of hydrogen-bond donors (Lipinski definition) is 0. The molecule has 2 rings (SSSR count). The highest BCUT2D eigenvalue weighted by Gasteiger charge is 2.50. The summed E-state index contributed by atoms with van der Waals surface area (Å²) in [5.74, 6) is -0.480. The molecular weight excluding hydrogens is 390 g/mol. The molecule has 0 fully saturated rings. The Morgan fingerprint density at radius 1 is 1.18 bits per heavy atom. The van der Waals surface area contributed by atoms with E-state index in [9.17, 15) is 13.2 Å². The molecule has 1 aromatic carbocycles. The van der Waals surface area contributed by atoms with Gasteiger partial charge < -0.3 is 4.74 Å². The minimum atomic E-state index is -3.86. The average molecular weight is 424 g/mol. The van der Waals surface area contributed by atoms with E-state index >= 15 is 0 Å². The lowest BCUT2D eigenvalue weighted by Crippen LogP contribution is -2.41. The van der Waals surface area contributed by atoms with Crippen LogP contribution < -0.4 is 0 Å². The normalized spacial score (nSPS) is 18.6. The van der Waals surface area contributed by atoms with Crippen LogP contribution in [0.2, 0.25) is 18.1 Å². The zero-order chi connectivity index (χ0) is 21.5. The molecule has 0 spiro atoms. The summed E-state index contributed by atoms with van der Waals surface area (Å²) < 4.78 is 33.5. The van der Waals surface area contributed by atoms with Crippen molar-refractivity contribution in [3.05, 3.63) is 40.7 Å². The lowest BCUT2D eigenvalue weighted by Gasteiger charge is -2.38. The van der Waals surface area contributed by atoms with E-state index < -0.39 is 30.1 Å². The summed E-state index contributed by atoms with van der Waals surface area (Å²) in [5.41, 5.74) is 1.67. The third-order valence-corrected chi connectivity index (χ3v) is 14.0. The SMILES string of the molecule is CCOC(=O)[C@@H]1CC([Si](C)(C)C(C)(C)C)=C(C)N1S(=O)(=O)c1ccc(C)cc1. The number of rotatable bonds is 5. The monoisotopic (exact) mass is 423 g/mol. The van der Waals surface area contributed by atoms with Crippen LogP contribution in [0.1, 0.15) is 46.6 Å². The minimum Gasteiger partial charge on any atom is -0.464 e. The number of sulfonamides is 1. The minimum absolute atomic E-state index is 0.0342. The van der Waals surface area contributed by atoms with Crippen LogP contribution in [0.5, 0.6) is 0 Å². The molecule has 1 atom stereocenters. The van der Waals surface area contributed by atoms with Gasteiger partial charge >= 0.3 is 5.97 Å². The molecule has 0 aromatic heterocycles. The van der Waals surface area contributed by atoms with Crippen LogP contribution in [0, 0.1) is 6.92 Å². The van der Waals surface area contributed by atoms with Crippen molar-refractivity contribution < 1.29 is 17.9 Å². The van der Waals surface area contributed by atoms with Crippen molar-refractivity contribution in [3.63, 3.8) is 0 Å². The summed E-state index contributed by atoms with van der Waals surface area (Å²) in [6, 6.07) is 5.91. The van der Waals surface area contributed by atoms with Crippen LogP contribution in [-0.4, -0.2) is 39.4 Å². The number of carbonyl (C=O) groups excluding carboxylic acids is 1. The van der Waals surface area contributed by atoms with Gasteiger partial charge in [-0.2, -0.15) is 0 Å². The van der Waals surface area contributed by atoms with Gasteiger partial charge in [0.1, 0.15) is 6.04 Å². The van der Waals surface area contributed by atoms with Crippen LogP contribution >= 0.6 is 0 Å². The molecule has 0 aliphatic carbocycles. The van der Waals surface area contributed by atoms with Gasteiger partial charge in [0.15, 0.2) is 0 Å². The fourth-order valence-electron chi connectivity index (χ4n) is 3.54. The zero-order valence-electron chi connectivity index (χ0n) is 18.3. The predicted molar refractivity (Wildman–Crippen MR) is 115 cm³/mol. The number of hydrogen-bond acceptors (Lipinski definition) is 4. The maximum Gasteiger partial charge on any atom is 0.330 e. The summed E-state index contributed by atoms with van der Waals surface area (Å²) >= 11 is 0. The van der Waals surface area contributed by atoms with Crippen LogP contribution in [-0.2, 0) is 19.6 Å². The van der Waals surface area contributed by atoms with Crippen molar-refractivity contribution in [1.29, 1.82) is 0 Å². The number of esters is 1. The van der Waals surface area contributed by atoms with Gasteiger partial charge in [-0.15, -0.1) is 0 Å². The molecule has 156 valence electrons. The average Bonchev–Trinajstić information content (AvgIpc) is 2.93. The Morgan fingerprint density at radius 3 is 2.18 bits per heavy atom. The molecule has 5 nitrogen and oxygen atoms in total. The Bertz CT molecular complexity index is 880. The first-order chi connectivity index (χ1) is 12.7. The van der Waals surface area contributed by atoms with Gasteiger partial charge in [0.25, 0.3) is 10.0 Å². The Balaban J connectivity index is 2.64. The fraction of sp³-hybridized carbons (Fsp3) is 0.571. The van der Waals surface area contributed by atoms with Crippen LogP contribution in [0.4, 0.5) is 0 Å². The molecule has 0 amide bonds. The van der Waals surface area contributed by atoms with Crippen molar-refractivity contribution in [1.82, 2.24) is 4.31 Å². The number of benzene rings is 1. The Labute approximate surface area is 170 Å². The molecule has 28 heavy (non-hydrogen) atoms. The van der Waals surface area contributed by atoms with E-state index in [2.05, 4.69) is 33.9 Å². The van der Waals surface area contributed by atoms with Crippen molar-refractivity contribution in [2.24, 2.45) is 0 Å². The molecule has 0 bridgehead atoms. The van der Waals surface area contributed by atoms with E-state index in [1.807, 2.05) is 13.8 Å². The highest BCUT2D eigenvalue weighted by atomic mass is 32.2. The van der Waals surface area contributed by atoms with Gasteiger partial charge in [0, 0.05) is 5.70 Å². The standard InChI is InChI=1S/C21H33NO4SSi/c1-9-26-20(23)18-14-19(28(7,8)21(4,5)6)16(3)22(18)27(24,25)17-12-10-15(2)11-13-17/h10-13,18H,9,14H2,1-8H3/t18-/m0/s1. The number of ether oxygens (including phenoxy) is 1. The van der Waals surface area contributed by atoms with Gasteiger partial charge in [-0.3, -0.25) is 4.31 Å². The van der Waals surface area contributed by atoms with E-state index in [4.69, 9.17) is 4.74 Å². The van der Waals surface area contributed by atoms with Crippen LogP contribution in [0.15, 0.2) is 40.1 Å². The first-order valence-corrected chi connectivity index (χ1v) is 14.2. The van der Waals surface area contributed by atoms with E-state index in [1.165, 1.54) is 4.31 Å². The summed E-state index contributed by atoms with van der Waals surface area (Å²) in [5, 5.41) is 1.15. The molecule has 7 heteroatoms. The molecule has 0 N–H and O–H groups in total. The largest absolute Gasteiger partial charge is 0.464 e. The maximum absolute atomic E-state index is 13.5. The van der Waals surface area contributed by atoms with Crippen LogP contribution in [0.25, 0.3) is 0 Å². The lowest BCUT2D eigenvalue weighted by molar-refractivity contribution is -0.146. The molecule has 0 radical (unpaired) electrons. The molecule has 1 aliphatic heterocycles. The second-order valence-electron chi connectivity index (χ2n) is 9.02. The van der Waals surface area contributed by atoms with Gasteiger partial charge in [-0.05, 0) is 44.4 Å². The van der Waals surface area contributed by atoms with E-state index in [0.29, 0.717) is 12.1 Å². The second kappa shape index (κ2) is 7.67. The first-order valence-electron chi connectivity index (χ1n) is 9.73. The van der Waals surface area contributed by atoms with E-state index in [-0.39, 0.29) is 16.5 Å². The zero-order valence-corrected chi connectivity index (χ0v) is 20.1. The summed E-state index contributed by atoms with van der Waals surface area (Å²) in [6.07, 6.45) is 0.409. The third kappa shape index (κ3) is 3.92. The van der Waals surface area contributed by atoms with Gasteiger partial charge in [-0.1, -0.05) is 56.8 Å². The molecule has 1 aliphatic rings. The molecule has 0 saturated heterocycles. The number of carbonyl (C=O) groups is 1. The van der Waals surface area contributed by atoms with E-state index in [0.717, 1.165) is 10.8 Å². The highest BCUT2D eigenvalue weighted by molar-refractivity contribution is 7.89. The van der Waals surface area contributed by atoms with Crippen molar-refractivity contribution in [3.8, 4) is 0 Å². The van der Waals surface area contributed by atoms with Gasteiger partial charge in [-0.25, -0.2) is 13.2 Å². The summed E-state index contributed by atoms with van der Waals surface area (Å²) in [7, 11) is -5.87. The third-order valence-electron chi connectivity index (χ3n) is 6.21. The van der Waals surface area contributed by atoms with Gasteiger partial charge in [0.2, 0.25) is 0 Å². The van der Waals surface area contributed by atoms with Gasteiger partial charge in [0.05, 0.1) is 19.6 Å². The number of nitrogens with zero attached hydrogens (tertiary/aromatic N) is 1. The predicted octanol–water partition coefficient (Wildman–Crippen LogP) is 4.64. The van der Waals surface area contributed by atoms with Crippen LogP contribution in [0.3, 0.4) is 0 Å². The Hall–Kier alpha value is -1.60. The molecule has 1 heterocycles. The topological polar surface area (TPSA) is 63.7 Å². The smallest absolute Gasteiger partial charge is 0.330 e. The van der Waals surface area contributed by atoms with Crippen molar-refractivity contribution >= 4 is 24.1 Å². The lowest BCUT2D eigenvalue weighted by atomic mass is 10.2. The highest BCUT2D eigenvalue weighted by Crippen LogP contribution is 2.47. The second-order valence-corrected chi connectivity index (χ2v) is 16.2.